The van der Waals surface area contributed by atoms with E-state index in [0.29, 0.717) is 29.5 Å². The first kappa shape index (κ1) is 58.2. The number of ketones is 1. The van der Waals surface area contributed by atoms with Gasteiger partial charge in [-0.05, 0) is 91.4 Å². The largest absolute Gasteiger partial charge is 0.508 e. The molecule has 4 aromatic carbocycles. The van der Waals surface area contributed by atoms with Gasteiger partial charge in [-0.25, -0.2) is 4.79 Å². The van der Waals surface area contributed by atoms with Crippen molar-refractivity contribution < 1.29 is 48.6 Å². The number of rotatable bonds is 17. The molecule has 0 unspecified atom stereocenters. The Morgan fingerprint density at radius 1 is 0.649 bits per heavy atom. The molecule has 12 N–H and O–H groups in total. The Morgan fingerprint density at radius 3 is 1.81 bits per heavy atom. The van der Waals surface area contributed by atoms with Crippen LogP contribution in [0.2, 0.25) is 0 Å². The summed E-state index contributed by atoms with van der Waals surface area (Å²) in [6.07, 6.45) is 0.509. The summed E-state index contributed by atoms with van der Waals surface area (Å²) >= 11 is 0. The van der Waals surface area contributed by atoms with Crippen molar-refractivity contribution in [2.75, 3.05) is 18.1 Å². The summed E-state index contributed by atoms with van der Waals surface area (Å²) in [5.74, 6) is -8.27. The molecule has 4 aromatic rings. The standard InChI is InChI=1S/C54H68N8O10S2/c1-32(2)47(54(71)72)62-53(70)45-31-74-73-30-44(60-48(65)33(3)56)52(69)58-42(27-34-12-6-4-7-13-34)46(64)29-39(26-35-17-21-38(22-18-35)37-14-8-5-9-15-37)49(66)57-41(16-10-11-25-55)50(67)59-43(51(68)61-45)28-36-19-23-40(63)24-20-36/h4-9,12-15,17-24,32-33,39,41-45,47,63H,10-11,16,25-31,55-56H2,1-3H3,(H,57,66)(H,58,69)(H,59,67)(H,60,65)(H,61,68)(H,62,70)(H,71,72)/t33-,39+,41-,42-,43-,44-,45-,47-/m0/s1. The minimum atomic E-state index is -1.41. The lowest BCUT2D eigenvalue weighted by Crippen LogP contribution is -2.59. The van der Waals surface area contributed by atoms with Crippen LogP contribution < -0.4 is 43.4 Å². The molecule has 0 saturated carbocycles. The Hall–Kier alpha value is -6.74. The van der Waals surface area contributed by atoms with Crippen LogP contribution in [0.25, 0.3) is 11.1 Å². The molecule has 74 heavy (non-hydrogen) atoms. The number of unbranched alkanes of at least 4 members (excludes halogenated alkanes) is 1. The van der Waals surface area contributed by atoms with Gasteiger partial charge in [0.05, 0.1) is 12.1 Å². The zero-order valence-corrected chi connectivity index (χ0v) is 43.4. The van der Waals surface area contributed by atoms with E-state index in [4.69, 9.17) is 11.5 Å². The third-order valence-electron chi connectivity index (χ3n) is 12.4. The molecule has 0 aliphatic carbocycles. The number of hydrogen-bond acceptors (Lipinski definition) is 13. The van der Waals surface area contributed by atoms with Gasteiger partial charge in [-0.3, -0.25) is 33.6 Å². The fraction of sp³-hybridized carbons (Fsp3) is 0.407. The number of amides is 6. The van der Waals surface area contributed by atoms with Crippen molar-refractivity contribution in [3.63, 3.8) is 0 Å². The van der Waals surface area contributed by atoms with E-state index in [-0.39, 0.29) is 55.9 Å². The van der Waals surface area contributed by atoms with Gasteiger partial charge in [0.1, 0.15) is 36.0 Å². The van der Waals surface area contributed by atoms with E-state index in [9.17, 15) is 48.6 Å². The Balaban J connectivity index is 1.60. The number of nitrogens with two attached hydrogens (primary N) is 2. The Labute approximate surface area is 439 Å². The van der Waals surface area contributed by atoms with Crippen molar-refractivity contribution in [1.82, 2.24) is 31.9 Å². The summed E-state index contributed by atoms with van der Waals surface area (Å²) in [5, 5.41) is 36.4. The van der Waals surface area contributed by atoms with E-state index in [1.54, 1.807) is 56.3 Å². The number of phenolic OH excluding ortho intramolecular Hbond substituents is 1. The molecule has 0 bridgehead atoms. The van der Waals surface area contributed by atoms with Gasteiger partial charge in [0.25, 0.3) is 0 Å². The van der Waals surface area contributed by atoms with Crippen LogP contribution in [0.15, 0.2) is 109 Å². The lowest BCUT2D eigenvalue weighted by molar-refractivity contribution is -0.143. The van der Waals surface area contributed by atoms with E-state index in [2.05, 4.69) is 31.9 Å². The first-order valence-electron chi connectivity index (χ1n) is 24.7. The van der Waals surface area contributed by atoms with Crippen LogP contribution in [0.1, 0.15) is 63.1 Å². The molecular formula is C54H68N8O10S2. The summed E-state index contributed by atoms with van der Waals surface area (Å²) in [7, 11) is 2.10. The molecule has 0 aromatic heterocycles. The molecule has 1 aliphatic rings. The van der Waals surface area contributed by atoms with Crippen LogP contribution in [0.4, 0.5) is 0 Å². The van der Waals surface area contributed by atoms with Gasteiger partial charge in [-0.15, -0.1) is 0 Å². The van der Waals surface area contributed by atoms with Gasteiger partial charge in [-0.1, -0.05) is 132 Å². The number of phenols is 1. The van der Waals surface area contributed by atoms with Crippen LogP contribution >= 0.6 is 21.6 Å². The first-order chi connectivity index (χ1) is 35.4. The summed E-state index contributed by atoms with van der Waals surface area (Å²) < 4.78 is 0. The Morgan fingerprint density at radius 2 is 1.19 bits per heavy atom. The zero-order valence-electron chi connectivity index (χ0n) is 41.8. The lowest BCUT2D eigenvalue weighted by Gasteiger charge is -2.28. The maximum absolute atomic E-state index is 14.8. The third-order valence-corrected chi connectivity index (χ3v) is 14.8. The highest BCUT2D eigenvalue weighted by Gasteiger charge is 2.36. The molecule has 1 heterocycles. The van der Waals surface area contributed by atoms with Gasteiger partial charge >= 0.3 is 5.97 Å². The van der Waals surface area contributed by atoms with Gasteiger partial charge in [0, 0.05) is 30.3 Å². The number of carboxylic acids is 1. The highest BCUT2D eigenvalue weighted by Crippen LogP contribution is 2.26. The van der Waals surface area contributed by atoms with Crippen molar-refractivity contribution in [2.45, 2.75) is 108 Å². The van der Waals surface area contributed by atoms with Crippen molar-refractivity contribution in [1.29, 1.82) is 0 Å². The first-order valence-corrected chi connectivity index (χ1v) is 27.1. The number of aliphatic carboxylic acids is 1. The normalized spacial score (nSPS) is 21.5. The predicted molar refractivity (Wildman–Crippen MR) is 286 cm³/mol. The number of nitrogens with one attached hydrogen (secondary N) is 6. The van der Waals surface area contributed by atoms with Crippen molar-refractivity contribution in [3.05, 3.63) is 126 Å². The molecule has 6 amide bonds. The number of benzene rings is 4. The van der Waals surface area contributed by atoms with Gasteiger partial charge in [-0.2, -0.15) is 0 Å². The summed E-state index contributed by atoms with van der Waals surface area (Å²) in [6.45, 7) is 4.94. The number of aromatic hydroxyl groups is 1. The fourth-order valence-electron chi connectivity index (χ4n) is 8.10. The topological polar surface area (TPSA) is 301 Å². The predicted octanol–water partition coefficient (Wildman–Crippen LogP) is 3.18. The molecule has 0 radical (unpaired) electrons. The van der Waals surface area contributed by atoms with Crippen molar-refractivity contribution >= 4 is 68.8 Å². The molecule has 396 valence electrons. The van der Waals surface area contributed by atoms with Crippen molar-refractivity contribution in [3.8, 4) is 16.9 Å². The average molecular weight is 1050 g/mol. The van der Waals surface area contributed by atoms with E-state index in [1.807, 2.05) is 54.6 Å². The van der Waals surface area contributed by atoms with E-state index < -0.39 is 101 Å². The van der Waals surface area contributed by atoms with Crippen LogP contribution in [0, 0.1) is 11.8 Å². The number of carbonyl (C=O) groups is 8. The summed E-state index contributed by atoms with van der Waals surface area (Å²) in [5.41, 5.74) is 15.6. The molecule has 18 nitrogen and oxygen atoms in total. The number of hydrogen-bond donors (Lipinski definition) is 10. The summed E-state index contributed by atoms with van der Waals surface area (Å²) in [6, 6.07) is 23.2. The van der Waals surface area contributed by atoms with E-state index in [0.717, 1.165) is 32.7 Å². The van der Waals surface area contributed by atoms with E-state index >= 15 is 0 Å². The number of carbonyl (C=O) groups excluding carboxylic acids is 7. The van der Waals surface area contributed by atoms with Gasteiger partial charge in [0.2, 0.25) is 35.4 Å². The Kier molecular flexibility index (Phi) is 23.0. The molecule has 1 saturated heterocycles. The molecule has 0 spiro atoms. The zero-order chi connectivity index (χ0) is 53.7. The number of Topliss-reactive ketones (excluding diaryl/α,β-unsaturated/α-hetero) is 1. The highest BCUT2D eigenvalue weighted by atomic mass is 33.1. The van der Waals surface area contributed by atoms with Gasteiger partial charge in [0.15, 0.2) is 5.78 Å². The quantitative estimate of drug-likeness (QED) is 0.0537. The van der Waals surface area contributed by atoms with Crippen LogP contribution in [-0.4, -0.2) is 118 Å². The second-order valence-electron chi connectivity index (χ2n) is 18.7. The van der Waals surface area contributed by atoms with E-state index in [1.165, 1.54) is 19.1 Å². The van der Waals surface area contributed by atoms with Crippen LogP contribution in [0.5, 0.6) is 5.75 Å². The molecule has 1 aliphatic heterocycles. The van der Waals surface area contributed by atoms with Crippen LogP contribution in [-0.2, 0) is 57.6 Å². The average Bonchev–Trinajstić information content (AvgIpc) is 3.38. The minimum Gasteiger partial charge on any atom is -0.508 e. The molecule has 5 rings (SSSR count). The van der Waals surface area contributed by atoms with Crippen molar-refractivity contribution in [2.24, 2.45) is 23.3 Å². The smallest absolute Gasteiger partial charge is 0.326 e. The Bertz CT molecular complexity index is 2520. The second-order valence-corrected chi connectivity index (χ2v) is 21.3. The fourth-order valence-corrected chi connectivity index (χ4v) is 10.4. The second kappa shape index (κ2) is 29.2. The molecule has 20 heteroatoms. The van der Waals surface area contributed by atoms with Gasteiger partial charge < -0.3 is 53.6 Å². The highest BCUT2D eigenvalue weighted by molar-refractivity contribution is 8.76. The molecule has 8 atom stereocenters. The molecule has 1 fully saturated rings. The molecular weight excluding hydrogens is 985 g/mol. The number of carboxylic acid groups (broad SMARTS) is 1. The lowest BCUT2D eigenvalue weighted by atomic mass is 9.88. The maximum atomic E-state index is 14.8. The SMILES string of the molecule is CC(C)[C@H](NC(=O)[C@@H]1CSSC[C@H](NC(=O)[C@H](C)N)C(=O)N[C@@H](Cc2ccccc2)C(=O)C[C@@H](Cc2ccc(-c3ccccc3)cc2)C(=O)N[C@@H](CCCCN)C(=O)N[C@@H](Cc2ccc(O)cc2)C(=O)N1)C(=O)O. The van der Waals surface area contributed by atoms with Crippen LogP contribution in [0.3, 0.4) is 0 Å². The monoisotopic (exact) mass is 1050 g/mol. The minimum absolute atomic E-state index is 0.0259. The third kappa shape index (κ3) is 18.3. The summed E-state index contributed by atoms with van der Waals surface area (Å²) in [4.78, 5) is 113. The maximum Gasteiger partial charge on any atom is 0.326 e.